The van der Waals surface area contributed by atoms with Crippen LogP contribution < -0.4 is 10.1 Å². The first-order chi connectivity index (χ1) is 15.9. The first-order valence-corrected chi connectivity index (χ1v) is 13.1. The summed E-state index contributed by atoms with van der Waals surface area (Å²) in [6.07, 6.45) is 8.25. The second-order valence-electron chi connectivity index (χ2n) is 9.40. The van der Waals surface area contributed by atoms with E-state index in [1.165, 1.54) is 47.4 Å². The van der Waals surface area contributed by atoms with Crippen LogP contribution >= 0.6 is 11.3 Å². The van der Waals surface area contributed by atoms with E-state index in [9.17, 15) is 9.59 Å². The number of benzene rings is 1. The lowest BCUT2D eigenvalue weighted by Crippen LogP contribution is -2.26. The normalized spacial score (nSPS) is 15.4. The summed E-state index contributed by atoms with van der Waals surface area (Å²) >= 11 is 1.93. The Morgan fingerprint density at radius 1 is 1.15 bits per heavy atom. The van der Waals surface area contributed by atoms with Gasteiger partial charge in [0, 0.05) is 33.3 Å². The maximum absolute atomic E-state index is 12.3. The van der Waals surface area contributed by atoms with E-state index in [2.05, 4.69) is 32.2 Å². The summed E-state index contributed by atoms with van der Waals surface area (Å²) in [7, 11) is 0. The van der Waals surface area contributed by atoms with Crippen molar-refractivity contribution in [3.05, 3.63) is 51.2 Å². The van der Waals surface area contributed by atoms with Crippen LogP contribution in [0, 0.1) is 11.8 Å². The summed E-state index contributed by atoms with van der Waals surface area (Å²) < 4.78 is 6.65. The molecular weight excluding hydrogens is 434 g/mol. The molecule has 3 rings (SSSR count). The Bertz CT molecular complexity index is 913. The third kappa shape index (κ3) is 7.32. The van der Waals surface area contributed by atoms with Crippen LogP contribution in [0.15, 0.2) is 30.3 Å². The second-order valence-corrected chi connectivity index (χ2v) is 10.6. The van der Waals surface area contributed by atoms with Crippen molar-refractivity contribution in [3.63, 3.8) is 0 Å². The van der Waals surface area contributed by atoms with E-state index in [0.717, 1.165) is 18.6 Å². The molecule has 1 aromatic heterocycles. The molecule has 0 spiro atoms. The number of aryl methyl sites for hydroxylation is 1. The van der Waals surface area contributed by atoms with E-state index in [1.807, 2.05) is 23.5 Å². The van der Waals surface area contributed by atoms with Crippen LogP contribution in [0.4, 0.5) is 0 Å². The minimum atomic E-state index is -0.927. The average Bonchev–Trinajstić information content (AvgIpc) is 3.19. The number of aliphatic carboxylic acids is 1. The van der Waals surface area contributed by atoms with Gasteiger partial charge in [-0.15, -0.1) is 11.3 Å². The van der Waals surface area contributed by atoms with Gasteiger partial charge < -0.3 is 15.2 Å². The van der Waals surface area contributed by atoms with Crippen LogP contribution in [-0.4, -0.2) is 23.5 Å². The lowest BCUT2D eigenvalue weighted by Gasteiger charge is -2.31. The number of thiophene rings is 1. The molecule has 1 atom stereocenters. The molecule has 6 heteroatoms. The summed E-state index contributed by atoms with van der Waals surface area (Å²) in [5, 5.41) is 11.4. The van der Waals surface area contributed by atoms with Crippen LogP contribution in [0.5, 0.6) is 5.75 Å². The zero-order chi connectivity index (χ0) is 23.8. The lowest BCUT2D eigenvalue weighted by molar-refractivity contribution is -0.136. The highest BCUT2D eigenvalue weighted by atomic mass is 32.1. The van der Waals surface area contributed by atoms with Crippen molar-refractivity contribution in [1.29, 1.82) is 0 Å². The largest absolute Gasteiger partial charge is 0.485 e. The van der Waals surface area contributed by atoms with Crippen molar-refractivity contribution in [3.8, 4) is 5.75 Å². The fraction of sp³-hybridized carbons (Fsp3) is 0.556. The molecule has 0 saturated heterocycles. The number of rotatable bonds is 11. The molecule has 5 nitrogen and oxygen atoms in total. The van der Waals surface area contributed by atoms with Gasteiger partial charge in [-0.1, -0.05) is 40.0 Å². The Balaban J connectivity index is 1.78. The number of nitrogens with one attached hydrogen (secondary N) is 1. The summed E-state index contributed by atoms with van der Waals surface area (Å²) in [4.78, 5) is 25.8. The molecule has 0 aliphatic heterocycles. The number of carbonyl (C=O) groups is 2. The number of carboxylic acid groups (broad SMARTS) is 1. The molecule has 0 radical (unpaired) electrons. The lowest BCUT2D eigenvalue weighted by atomic mass is 9.82. The third-order valence-electron chi connectivity index (χ3n) is 6.21. The minimum absolute atomic E-state index is 0.0349. The molecule has 180 valence electrons. The minimum Gasteiger partial charge on any atom is -0.485 e. The van der Waals surface area contributed by atoms with Gasteiger partial charge in [-0.25, -0.2) is 0 Å². The van der Waals surface area contributed by atoms with Gasteiger partial charge in [-0.2, -0.15) is 0 Å². The van der Waals surface area contributed by atoms with E-state index in [0.29, 0.717) is 17.4 Å². The van der Waals surface area contributed by atoms with Crippen molar-refractivity contribution >= 4 is 23.2 Å². The SMILES string of the molecule is CCc1sc(CC(C)C)cc1C(Oc1ccc(C(=O)NCCC(=O)O)cc1)C1CCCCC1. The van der Waals surface area contributed by atoms with E-state index in [4.69, 9.17) is 9.84 Å². The maximum Gasteiger partial charge on any atom is 0.305 e. The first kappa shape index (κ1) is 25.3. The van der Waals surface area contributed by atoms with Crippen molar-refractivity contribution in [1.82, 2.24) is 5.32 Å². The Morgan fingerprint density at radius 2 is 1.85 bits per heavy atom. The molecule has 1 heterocycles. The summed E-state index contributed by atoms with van der Waals surface area (Å²) in [6.45, 7) is 6.87. The Kier molecular flexibility index (Phi) is 9.36. The number of carboxylic acids is 1. The first-order valence-electron chi connectivity index (χ1n) is 12.3. The van der Waals surface area contributed by atoms with Gasteiger partial charge in [0.25, 0.3) is 5.91 Å². The molecule has 1 aliphatic rings. The van der Waals surface area contributed by atoms with Crippen molar-refractivity contribution < 1.29 is 19.4 Å². The second kappa shape index (κ2) is 12.2. The molecule has 2 N–H and O–H groups in total. The van der Waals surface area contributed by atoms with Crippen LogP contribution in [0.25, 0.3) is 0 Å². The Labute approximate surface area is 201 Å². The summed E-state index contributed by atoms with van der Waals surface area (Å²) in [5.41, 5.74) is 1.85. The monoisotopic (exact) mass is 471 g/mol. The van der Waals surface area contributed by atoms with Gasteiger partial charge in [0.05, 0.1) is 6.42 Å². The number of hydrogen-bond donors (Lipinski definition) is 2. The van der Waals surface area contributed by atoms with Crippen molar-refractivity contribution in [2.75, 3.05) is 6.54 Å². The zero-order valence-corrected chi connectivity index (χ0v) is 20.9. The van der Waals surface area contributed by atoms with Gasteiger partial charge in [0.15, 0.2) is 0 Å². The molecule has 1 aromatic carbocycles. The van der Waals surface area contributed by atoms with Crippen LogP contribution in [0.3, 0.4) is 0 Å². The number of carbonyl (C=O) groups excluding carboxylic acids is 1. The highest BCUT2D eigenvalue weighted by Crippen LogP contribution is 2.41. The van der Waals surface area contributed by atoms with Crippen LogP contribution in [-0.2, 0) is 17.6 Å². The molecule has 1 aliphatic carbocycles. The van der Waals surface area contributed by atoms with Crippen LogP contribution in [0.2, 0.25) is 0 Å². The number of ether oxygens (including phenoxy) is 1. The molecular formula is C27H37NO4S. The predicted octanol–water partition coefficient (Wildman–Crippen LogP) is 6.41. The van der Waals surface area contributed by atoms with Crippen molar-refractivity contribution in [2.45, 2.75) is 78.2 Å². The van der Waals surface area contributed by atoms with E-state index in [-0.39, 0.29) is 25.0 Å². The van der Waals surface area contributed by atoms with Gasteiger partial charge in [-0.05, 0) is 61.9 Å². The van der Waals surface area contributed by atoms with E-state index < -0.39 is 5.97 Å². The molecule has 1 saturated carbocycles. The van der Waals surface area contributed by atoms with E-state index >= 15 is 0 Å². The molecule has 1 amide bonds. The fourth-order valence-electron chi connectivity index (χ4n) is 4.59. The van der Waals surface area contributed by atoms with E-state index in [1.54, 1.807) is 12.1 Å². The number of hydrogen-bond acceptors (Lipinski definition) is 4. The summed E-state index contributed by atoms with van der Waals surface area (Å²) in [6, 6.07) is 9.60. The van der Waals surface area contributed by atoms with Gasteiger partial charge in [0.2, 0.25) is 0 Å². The van der Waals surface area contributed by atoms with Gasteiger partial charge >= 0.3 is 5.97 Å². The highest BCUT2D eigenvalue weighted by Gasteiger charge is 2.30. The molecule has 2 aromatic rings. The number of amides is 1. The third-order valence-corrected chi connectivity index (χ3v) is 7.53. The van der Waals surface area contributed by atoms with Crippen molar-refractivity contribution in [2.24, 2.45) is 11.8 Å². The molecule has 1 fully saturated rings. The molecule has 0 bridgehead atoms. The zero-order valence-electron chi connectivity index (χ0n) is 20.1. The predicted molar refractivity (Wildman–Crippen MR) is 133 cm³/mol. The molecule has 1 unspecified atom stereocenters. The topological polar surface area (TPSA) is 75.6 Å². The van der Waals surface area contributed by atoms with Gasteiger partial charge in [0.1, 0.15) is 11.9 Å². The van der Waals surface area contributed by atoms with Gasteiger partial charge in [-0.3, -0.25) is 9.59 Å². The smallest absolute Gasteiger partial charge is 0.305 e. The summed E-state index contributed by atoms with van der Waals surface area (Å²) in [5.74, 6) is 0.709. The highest BCUT2D eigenvalue weighted by molar-refractivity contribution is 7.12. The average molecular weight is 472 g/mol. The van der Waals surface area contributed by atoms with Crippen LogP contribution in [0.1, 0.15) is 91.1 Å². The Hall–Kier alpha value is -2.34. The standard InChI is InChI=1S/C27H37NO4S/c1-4-24-23(17-22(33-24)16-18(2)3)26(19-8-6-5-7-9-19)32-21-12-10-20(11-13-21)27(31)28-15-14-25(29)30/h10-13,17-19,26H,4-9,14-16H2,1-3H3,(H,28,31)(H,29,30). The fourth-order valence-corrected chi connectivity index (χ4v) is 5.94. The maximum atomic E-state index is 12.3. The quantitative estimate of drug-likeness (QED) is 0.397. The Morgan fingerprint density at radius 3 is 2.45 bits per heavy atom. The molecule has 33 heavy (non-hydrogen) atoms.